The number of hydrogen-bond acceptors (Lipinski definition) is 2. The van der Waals surface area contributed by atoms with E-state index in [2.05, 4.69) is 44.0 Å². The molecule has 3 atom stereocenters. The van der Waals surface area contributed by atoms with Crippen LogP contribution in [0.4, 0.5) is 0 Å². The largest absolute Gasteiger partial charge is 0.388 e. The zero-order valence-electron chi connectivity index (χ0n) is 12.3. The van der Waals surface area contributed by atoms with Gasteiger partial charge in [-0.15, -0.1) is 0 Å². The van der Waals surface area contributed by atoms with E-state index in [-0.39, 0.29) is 6.10 Å². The zero-order chi connectivity index (χ0) is 13.6. The minimum absolute atomic E-state index is 0.281. The number of fused-ring (bicyclic) bond motifs is 2. The fraction of sp³-hybridized carbons (Fsp3) is 0.647. The highest BCUT2D eigenvalue weighted by Gasteiger charge is 2.41. The van der Waals surface area contributed by atoms with Crippen molar-refractivity contribution < 1.29 is 5.11 Å². The van der Waals surface area contributed by atoms with Gasteiger partial charge in [-0.05, 0) is 63.6 Å². The molecular formula is C17H25NO. The van der Waals surface area contributed by atoms with Gasteiger partial charge in [-0.2, -0.15) is 0 Å². The molecule has 2 nitrogen and oxygen atoms in total. The van der Waals surface area contributed by atoms with E-state index >= 15 is 0 Å². The molecule has 104 valence electrons. The Labute approximate surface area is 116 Å². The third-order valence-electron chi connectivity index (χ3n) is 5.33. The van der Waals surface area contributed by atoms with Crippen molar-refractivity contribution in [3.05, 3.63) is 34.9 Å². The summed E-state index contributed by atoms with van der Waals surface area (Å²) >= 11 is 0. The first kappa shape index (κ1) is 13.1. The highest BCUT2D eigenvalue weighted by atomic mass is 16.3. The van der Waals surface area contributed by atoms with E-state index in [0.29, 0.717) is 18.0 Å². The van der Waals surface area contributed by atoms with E-state index in [1.807, 2.05) is 0 Å². The van der Waals surface area contributed by atoms with Gasteiger partial charge >= 0.3 is 0 Å². The molecular weight excluding hydrogens is 234 g/mol. The lowest BCUT2D eigenvalue weighted by Crippen LogP contribution is -2.41. The molecule has 2 aliphatic rings. The third-order valence-corrected chi connectivity index (χ3v) is 5.33. The molecule has 2 aliphatic heterocycles. The Morgan fingerprint density at radius 1 is 1.16 bits per heavy atom. The Morgan fingerprint density at radius 3 is 2.42 bits per heavy atom. The van der Waals surface area contributed by atoms with Crippen molar-refractivity contribution in [1.82, 2.24) is 4.90 Å². The summed E-state index contributed by atoms with van der Waals surface area (Å²) in [4.78, 5) is 2.53. The molecule has 19 heavy (non-hydrogen) atoms. The van der Waals surface area contributed by atoms with Gasteiger partial charge in [0, 0.05) is 12.1 Å². The van der Waals surface area contributed by atoms with Gasteiger partial charge in [-0.3, -0.25) is 0 Å². The number of piperidine rings is 1. The minimum Gasteiger partial charge on any atom is -0.388 e. The van der Waals surface area contributed by atoms with Crippen LogP contribution in [-0.2, 0) is 0 Å². The first-order valence-corrected chi connectivity index (χ1v) is 7.53. The first-order chi connectivity index (χ1) is 9.06. The number of nitrogens with zero attached hydrogens (tertiary/aromatic N) is 1. The van der Waals surface area contributed by atoms with Crippen molar-refractivity contribution in [2.45, 2.75) is 57.7 Å². The van der Waals surface area contributed by atoms with E-state index in [0.717, 1.165) is 18.4 Å². The van der Waals surface area contributed by atoms with Crippen LogP contribution in [0.25, 0.3) is 0 Å². The molecule has 2 heterocycles. The SMILES string of the molecule is Cc1ccc(C)c(C(O)C2CC3CCC(C2)N3C)c1. The Morgan fingerprint density at radius 2 is 1.79 bits per heavy atom. The fourth-order valence-corrected chi connectivity index (χ4v) is 4.04. The number of hydrogen-bond donors (Lipinski definition) is 1. The number of aryl methyl sites for hydroxylation is 2. The maximum atomic E-state index is 10.8. The molecule has 3 unspecified atom stereocenters. The maximum absolute atomic E-state index is 10.8. The molecule has 2 heteroatoms. The molecule has 1 N–H and O–H groups in total. The van der Waals surface area contributed by atoms with Gasteiger partial charge in [-0.1, -0.05) is 23.8 Å². The van der Waals surface area contributed by atoms with Crippen LogP contribution in [0.1, 0.15) is 48.5 Å². The van der Waals surface area contributed by atoms with Gasteiger partial charge in [0.1, 0.15) is 0 Å². The van der Waals surface area contributed by atoms with Gasteiger partial charge in [0.2, 0.25) is 0 Å². The molecule has 2 bridgehead atoms. The molecule has 2 fully saturated rings. The number of benzene rings is 1. The average Bonchev–Trinajstić information content (AvgIpc) is 2.64. The Hall–Kier alpha value is -0.860. The maximum Gasteiger partial charge on any atom is 0.0822 e. The van der Waals surface area contributed by atoms with Crippen molar-refractivity contribution in [1.29, 1.82) is 0 Å². The van der Waals surface area contributed by atoms with Crippen LogP contribution in [-0.4, -0.2) is 29.1 Å². The smallest absolute Gasteiger partial charge is 0.0822 e. The second-order valence-corrected chi connectivity index (χ2v) is 6.59. The first-order valence-electron chi connectivity index (χ1n) is 7.53. The van der Waals surface area contributed by atoms with Crippen LogP contribution in [0.2, 0.25) is 0 Å². The molecule has 3 rings (SSSR count). The average molecular weight is 259 g/mol. The van der Waals surface area contributed by atoms with Crippen molar-refractivity contribution in [3.63, 3.8) is 0 Å². The highest BCUT2D eigenvalue weighted by Crippen LogP contribution is 2.42. The Bertz CT molecular complexity index is 456. The van der Waals surface area contributed by atoms with Crippen LogP contribution in [0.15, 0.2) is 18.2 Å². The van der Waals surface area contributed by atoms with E-state index in [1.54, 1.807) is 0 Å². The van der Waals surface area contributed by atoms with Gasteiger partial charge in [0.15, 0.2) is 0 Å². The molecule has 1 aromatic rings. The lowest BCUT2D eigenvalue weighted by atomic mass is 9.82. The quantitative estimate of drug-likeness (QED) is 0.881. The van der Waals surface area contributed by atoms with E-state index in [4.69, 9.17) is 0 Å². The number of rotatable bonds is 2. The van der Waals surface area contributed by atoms with E-state index in [9.17, 15) is 5.11 Å². The van der Waals surface area contributed by atoms with Gasteiger partial charge in [-0.25, -0.2) is 0 Å². The molecule has 2 saturated heterocycles. The second-order valence-electron chi connectivity index (χ2n) is 6.59. The summed E-state index contributed by atoms with van der Waals surface area (Å²) < 4.78 is 0. The van der Waals surface area contributed by atoms with Crippen molar-refractivity contribution in [2.75, 3.05) is 7.05 Å². The summed E-state index contributed by atoms with van der Waals surface area (Å²) in [5.74, 6) is 0.439. The van der Waals surface area contributed by atoms with Crippen molar-refractivity contribution in [2.24, 2.45) is 5.92 Å². The lowest BCUT2D eigenvalue weighted by Gasteiger charge is -2.38. The summed E-state index contributed by atoms with van der Waals surface area (Å²) in [5.41, 5.74) is 3.62. The number of aliphatic hydroxyl groups is 1. The molecule has 0 radical (unpaired) electrons. The van der Waals surface area contributed by atoms with Crippen LogP contribution < -0.4 is 0 Å². The summed E-state index contributed by atoms with van der Waals surface area (Å²) in [5, 5.41) is 10.8. The zero-order valence-corrected chi connectivity index (χ0v) is 12.3. The summed E-state index contributed by atoms with van der Waals surface area (Å²) in [6, 6.07) is 7.83. The highest BCUT2D eigenvalue weighted by molar-refractivity contribution is 5.32. The molecule has 0 aromatic heterocycles. The molecule has 0 saturated carbocycles. The fourth-order valence-electron chi connectivity index (χ4n) is 4.04. The topological polar surface area (TPSA) is 23.5 Å². The predicted octanol–water partition coefficient (Wildman–Crippen LogP) is 3.21. The molecule has 0 aliphatic carbocycles. The lowest BCUT2D eigenvalue weighted by molar-refractivity contribution is 0.0353. The third kappa shape index (κ3) is 2.32. The summed E-state index contributed by atoms with van der Waals surface area (Å²) in [6.07, 6.45) is 4.66. The van der Waals surface area contributed by atoms with Crippen LogP contribution in [0.5, 0.6) is 0 Å². The van der Waals surface area contributed by atoms with Crippen LogP contribution in [0.3, 0.4) is 0 Å². The molecule has 0 amide bonds. The standard InChI is InChI=1S/C17H25NO/c1-11-4-5-12(2)16(8-11)17(19)13-9-14-6-7-15(10-13)18(14)3/h4-5,8,13-15,17,19H,6-7,9-10H2,1-3H3. The van der Waals surface area contributed by atoms with E-state index in [1.165, 1.54) is 24.0 Å². The van der Waals surface area contributed by atoms with Crippen molar-refractivity contribution >= 4 is 0 Å². The molecule has 1 aromatic carbocycles. The van der Waals surface area contributed by atoms with Gasteiger partial charge in [0.05, 0.1) is 6.10 Å². The van der Waals surface area contributed by atoms with Crippen LogP contribution >= 0.6 is 0 Å². The number of aliphatic hydroxyl groups excluding tert-OH is 1. The van der Waals surface area contributed by atoms with Crippen LogP contribution in [0, 0.1) is 19.8 Å². The van der Waals surface area contributed by atoms with Gasteiger partial charge < -0.3 is 10.0 Å². The summed E-state index contributed by atoms with van der Waals surface area (Å²) in [6.45, 7) is 4.22. The van der Waals surface area contributed by atoms with Gasteiger partial charge in [0.25, 0.3) is 0 Å². The molecule has 0 spiro atoms. The normalized spacial score (nSPS) is 32.5. The van der Waals surface area contributed by atoms with Crippen molar-refractivity contribution in [3.8, 4) is 0 Å². The predicted molar refractivity (Wildman–Crippen MR) is 78.2 cm³/mol. The summed E-state index contributed by atoms with van der Waals surface area (Å²) in [7, 11) is 2.25. The minimum atomic E-state index is -0.281. The monoisotopic (exact) mass is 259 g/mol. The Balaban J connectivity index is 1.81. The van der Waals surface area contributed by atoms with E-state index < -0.39 is 0 Å². The second kappa shape index (κ2) is 4.92. The Kier molecular flexibility index (Phi) is 3.40.